The largest absolute Gasteiger partial charge is 0.502 e. The maximum atomic E-state index is 14.4. The summed E-state index contributed by atoms with van der Waals surface area (Å²) in [5.41, 5.74) is 0. The molecule has 2 aromatic carbocycles. The number of unbranched alkanes of at least 4 members (excludes halogenated alkanes) is 20. The smallest absolute Gasteiger partial charge is 0.207 e. The Morgan fingerprint density at radius 2 is 0.585 bits per heavy atom. The summed E-state index contributed by atoms with van der Waals surface area (Å²) >= 11 is 0. The van der Waals surface area contributed by atoms with E-state index in [0.717, 1.165) is 77.0 Å². The summed E-state index contributed by atoms with van der Waals surface area (Å²) in [5, 5.41) is 22.4. The lowest BCUT2D eigenvalue weighted by molar-refractivity contribution is 0.262. The van der Waals surface area contributed by atoms with Gasteiger partial charge in [0.05, 0.1) is 36.2 Å². The van der Waals surface area contributed by atoms with Gasteiger partial charge in [0, 0.05) is 24.3 Å². The van der Waals surface area contributed by atoms with E-state index in [1.165, 1.54) is 101 Å². The first kappa shape index (κ1) is 46.3. The van der Waals surface area contributed by atoms with E-state index in [1.807, 2.05) is 0 Å². The lowest BCUT2D eigenvalue weighted by Gasteiger charge is -2.17. The van der Waals surface area contributed by atoms with Crippen molar-refractivity contribution in [1.82, 2.24) is 0 Å². The van der Waals surface area contributed by atoms with Crippen molar-refractivity contribution in [3.8, 4) is 34.5 Å². The van der Waals surface area contributed by atoms with Crippen LogP contribution in [0.5, 0.6) is 34.5 Å². The summed E-state index contributed by atoms with van der Waals surface area (Å²) in [6.07, 6.45) is 25.8. The van der Waals surface area contributed by atoms with E-state index in [1.54, 1.807) is 0 Å². The van der Waals surface area contributed by atoms with Crippen molar-refractivity contribution < 1.29 is 37.6 Å². The van der Waals surface area contributed by atoms with E-state index < -0.39 is 9.84 Å². The molecule has 0 fully saturated rings. The van der Waals surface area contributed by atoms with Crippen LogP contribution < -0.4 is 18.9 Å². The zero-order valence-electron chi connectivity index (χ0n) is 33.9. The number of hydrogen-bond acceptors (Lipinski definition) is 8. The number of rotatable bonds is 34. The molecule has 0 amide bonds. The van der Waals surface area contributed by atoms with E-state index in [2.05, 4.69) is 27.7 Å². The molecule has 304 valence electrons. The summed E-state index contributed by atoms with van der Waals surface area (Å²) in [5.74, 6) is -0.0770. The average molecular weight is 763 g/mol. The van der Waals surface area contributed by atoms with Crippen LogP contribution in [0.1, 0.15) is 182 Å². The standard InChI is InChI=1S/C44H74O8S/c1-5-9-13-17-21-25-29-49-39-33-37(34-40(43(39)45)50-30-26-22-18-14-10-6-2)53(47,48)38-35-41(51-31-27-23-19-15-11-7-3)44(46)42(36-38)52-32-28-24-20-16-12-8-4/h33-36,45-46H,5-32H2,1-4H3. The predicted molar refractivity (Wildman–Crippen MR) is 217 cm³/mol. The van der Waals surface area contributed by atoms with Crippen molar-refractivity contribution >= 4 is 9.84 Å². The first-order valence-corrected chi connectivity index (χ1v) is 22.8. The van der Waals surface area contributed by atoms with Crippen LogP contribution in [0.25, 0.3) is 0 Å². The van der Waals surface area contributed by atoms with Crippen LogP contribution in [0.2, 0.25) is 0 Å². The fourth-order valence-electron chi connectivity index (χ4n) is 6.26. The van der Waals surface area contributed by atoms with E-state index in [4.69, 9.17) is 18.9 Å². The Morgan fingerprint density at radius 3 is 0.811 bits per heavy atom. The summed E-state index contributed by atoms with van der Waals surface area (Å²) in [6.45, 7) is 10.2. The quantitative estimate of drug-likeness (QED) is 0.0678. The third-order valence-corrected chi connectivity index (χ3v) is 11.4. The molecule has 9 heteroatoms. The molecule has 2 N–H and O–H groups in total. The third-order valence-electron chi connectivity index (χ3n) is 9.67. The van der Waals surface area contributed by atoms with Crippen molar-refractivity contribution in [2.45, 2.75) is 192 Å². The summed E-state index contributed by atoms with van der Waals surface area (Å²) < 4.78 is 52.8. The number of phenolic OH excluding ortho intramolecular Hbond substituents is 2. The predicted octanol–water partition coefficient (Wildman–Crippen LogP) is 12.9. The Kier molecular flexibility index (Phi) is 25.0. The van der Waals surface area contributed by atoms with Crippen molar-refractivity contribution in [3.63, 3.8) is 0 Å². The molecule has 8 nitrogen and oxygen atoms in total. The highest BCUT2D eigenvalue weighted by Crippen LogP contribution is 2.44. The van der Waals surface area contributed by atoms with Gasteiger partial charge in [-0.05, 0) is 25.7 Å². The van der Waals surface area contributed by atoms with Crippen molar-refractivity contribution in [3.05, 3.63) is 24.3 Å². The highest BCUT2D eigenvalue weighted by molar-refractivity contribution is 7.91. The molecule has 0 spiro atoms. The Hall–Kier alpha value is -2.81. The lowest BCUT2D eigenvalue weighted by atomic mass is 10.1. The molecular weight excluding hydrogens is 689 g/mol. The van der Waals surface area contributed by atoms with Crippen molar-refractivity contribution in [2.24, 2.45) is 0 Å². The topological polar surface area (TPSA) is 112 Å². The van der Waals surface area contributed by atoms with Crippen LogP contribution in [-0.2, 0) is 9.84 Å². The summed E-state index contributed by atoms with van der Waals surface area (Å²) in [4.78, 5) is -0.138. The maximum Gasteiger partial charge on any atom is 0.207 e. The second-order valence-electron chi connectivity index (χ2n) is 14.5. The van der Waals surface area contributed by atoms with Gasteiger partial charge in [0.2, 0.25) is 21.3 Å². The first-order valence-electron chi connectivity index (χ1n) is 21.3. The van der Waals surface area contributed by atoms with Gasteiger partial charge in [0.15, 0.2) is 23.0 Å². The maximum absolute atomic E-state index is 14.4. The third kappa shape index (κ3) is 18.4. The SMILES string of the molecule is CCCCCCCCOc1cc(S(=O)(=O)c2cc(OCCCCCCCC)c(O)c(OCCCCCCCC)c2)cc(OCCCCCCCC)c1O. The molecule has 53 heavy (non-hydrogen) atoms. The molecule has 0 heterocycles. The minimum absolute atomic E-state index is 0.0689. The second kappa shape index (κ2) is 28.6. The van der Waals surface area contributed by atoms with Gasteiger partial charge in [0.25, 0.3) is 0 Å². The van der Waals surface area contributed by atoms with Crippen LogP contribution in [-0.4, -0.2) is 45.1 Å². The molecule has 0 saturated heterocycles. The minimum Gasteiger partial charge on any atom is -0.502 e. The number of sulfone groups is 1. The molecule has 0 radical (unpaired) electrons. The first-order chi connectivity index (χ1) is 25.8. The van der Waals surface area contributed by atoms with Crippen LogP contribution in [0, 0.1) is 0 Å². The van der Waals surface area contributed by atoms with Crippen LogP contribution in [0.3, 0.4) is 0 Å². The van der Waals surface area contributed by atoms with Gasteiger partial charge in [-0.15, -0.1) is 0 Å². The van der Waals surface area contributed by atoms with Crippen LogP contribution in [0.4, 0.5) is 0 Å². The molecule has 0 aliphatic rings. The van der Waals surface area contributed by atoms with Gasteiger partial charge in [-0.25, -0.2) is 8.42 Å². The fourth-order valence-corrected chi connectivity index (χ4v) is 7.58. The van der Waals surface area contributed by atoms with Gasteiger partial charge in [-0.3, -0.25) is 0 Å². The fraction of sp³-hybridized carbons (Fsp3) is 0.727. The Labute approximate surface area is 323 Å². The molecule has 0 unspecified atom stereocenters. The number of ether oxygens (including phenoxy) is 4. The van der Waals surface area contributed by atoms with Gasteiger partial charge in [-0.2, -0.15) is 0 Å². The van der Waals surface area contributed by atoms with E-state index in [9.17, 15) is 18.6 Å². The van der Waals surface area contributed by atoms with E-state index >= 15 is 0 Å². The molecule has 2 rings (SSSR count). The van der Waals surface area contributed by atoms with Gasteiger partial charge >= 0.3 is 0 Å². The Balaban J connectivity index is 2.36. The van der Waals surface area contributed by atoms with Gasteiger partial charge in [0.1, 0.15) is 0 Å². The molecule has 0 bridgehead atoms. The van der Waals surface area contributed by atoms with Crippen LogP contribution >= 0.6 is 0 Å². The zero-order chi connectivity index (χ0) is 38.6. The number of hydrogen-bond donors (Lipinski definition) is 2. The molecular formula is C44H74O8S. The molecule has 0 aliphatic carbocycles. The van der Waals surface area contributed by atoms with E-state index in [-0.39, 0.29) is 44.3 Å². The number of benzene rings is 2. The normalized spacial score (nSPS) is 11.5. The summed E-state index contributed by atoms with van der Waals surface area (Å²) in [6, 6.07) is 5.50. The van der Waals surface area contributed by atoms with Crippen molar-refractivity contribution in [2.75, 3.05) is 26.4 Å². The second-order valence-corrected chi connectivity index (χ2v) is 16.5. The minimum atomic E-state index is -4.19. The lowest BCUT2D eigenvalue weighted by Crippen LogP contribution is -2.08. The molecule has 2 aromatic rings. The average Bonchev–Trinajstić information content (AvgIpc) is 3.15. The van der Waals surface area contributed by atoms with Crippen molar-refractivity contribution in [1.29, 1.82) is 0 Å². The molecule has 0 saturated carbocycles. The van der Waals surface area contributed by atoms with Gasteiger partial charge in [-0.1, -0.05) is 156 Å². The number of phenols is 2. The Morgan fingerprint density at radius 1 is 0.377 bits per heavy atom. The highest BCUT2D eigenvalue weighted by atomic mass is 32.2. The molecule has 0 atom stereocenters. The highest BCUT2D eigenvalue weighted by Gasteiger charge is 2.27. The van der Waals surface area contributed by atoms with E-state index in [0.29, 0.717) is 26.4 Å². The zero-order valence-corrected chi connectivity index (χ0v) is 34.7. The monoisotopic (exact) mass is 763 g/mol. The molecule has 0 aliphatic heterocycles. The van der Waals surface area contributed by atoms with Crippen LogP contribution in [0.15, 0.2) is 34.1 Å². The summed E-state index contributed by atoms with van der Waals surface area (Å²) in [7, 11) is -4.19. The Bertz CT molecular complexity index is 1170. The van der Waals surface area contributed by atoms with Gasteiger partial charge < -0.3 is 29.2 Å². The molecule has 0 aromatic heterocycles. The number of aromatic hydroxyl groups is 2.